The monoisotopic (exact) mass is 1270 g/mol. The molecule has 1 saturated carbocycles. The first-order valence-electron chi connectivity index (χ1n) is 34.7. The lowest BCUT2D eigenvalue weighted by Crippen LogP contribution is -2.11. The summed E-state index contributed by atoms with van der Waals surface area (Å²) in [5.41, 5.74) is 24.2. The molecule has 0 unspecified atom stereocenters. The van der Waals surface area contributed by atoms with E-state index in [9.17, 15) is 0 Å². The molecule has 0 aliphatic heterocycles. The van der Waals surface area contributed by atoms with Crippen LogP contribution in [0.1, 0.15) is 251 Å². The maximum atomic E-state index is 8.88. The van der Waals surface area contributed by atoms with Crippen molar-refractivity contribution in [2.45, 2.75) is 242 Å². The molecule has 95 heavy (non-hydrogen) atoms. The molecule has 6 aromatic heterocycles. The van der Waals surface area contributed by atoms with Crippen LogP contribution in [0.3, 0.4) is 0 Å². The zero-order valence-corrected chi connectivity index (χ0v) is 62.1. The molecule has 0 atom stereocenters. The minimum atomic E-state index is 0.145. The number of hydrogen-bond acceptors (Lipinski definition) is 2. The molecule has 0 bridgehead atoms. The van der Waals surface area contributed by atoms with E-state index in [4.69, 9.17) is 10.5 Å². The van der Waals surface area contributed by atoms with Gasteiger partial charge in [-0.2, -0.15) is 10.5 Å². The van der Waals surface area contributed by atoms with Crippen molar-refractivity contribution in [3.05, 3.63) is 213 Å². The third-order valence-corrected chi connectivity index (χ3v) is 19.1. The number of aromatic amines is 6. The van der Waals surface area contributed by atoms with Crippen LogP contribution in [0.4, 0.5) is 0 Å². The first kappa shape index (κ1) is 72.4. The molecule has 13 rings (SSSR count). The van der Waals surface area contributed by atoms with Crippen molar-refractivity contribution >= 4 is 65.4 Å². The second-order valence-corrected chi connectivity index (χ2v) is 33.8. The van der Waals surface area contributed by atoms with E-state index in [-0.39, 0.29) is 37.9 Å². The van der Waals surface area contributed by atoms with Gasteiger partial charge in [-0.1, -0.05) is 238 Å². The van der Waals surface area contributed by atoms with Gasteiger partial charge in [0.25, 0.3) is 0 Å². The Bertz CT molecular complexity index is 4630. The third kappa shape index (κ3) is 17.7. The van der Waals surface area contributed by atoms with Gasteiger partial charge in [-0.3, -0.25) is 0 Å². The molecule has 6 heterocycles. The van der Waals surface area contributed by atoms with Gasteiger partial charge in [-0.25, -0.2) is 0 Å². The average Bonchev–Trinajstić information content (AvgIpc) is 1.68. The Hall–Kier alpha value is -8.46. The average molecular weight is 1270 g/mol. The normalized spacial score (nSPS) is 13.3. The first-order valence-corrected chi connectivity index (χ1v) is 34.7. The number of H-pyrrole nitrogens is 6. The van der Waals surface area contributed by atoms with Gasteiger partial charge in [0.05, 0.1) is 18.1 Å². The van der Waals surface area contributed by atoms with Gasteiger partial charge < -0.3 is 29.9 Å². The minimum Gasteiger partial charge on any atom is -0.361 e. The molecule has 6 N–H and O–H groups in total. The van der Waals surface area contributed by atoms with Crippen molar-refractivity contribution in [1.82, 2.24) is 29.9 Å². The zero-order chi connectivity index (χ0) is 69.8. The molecular weight excluding hydrogens is 1160 g/mol. The van der Waals surface area contributed by atoms with Crippen molar-refractivity contribution in [3.63, 3.8) is 0 Å². The van der Waals surface area contributed by atoms with Gasteiger partial charge in [0.1, 0.15) is 6.07 Å². The van der Waals surface area contributed by atoms with Gasteiger partial charge in [0.15, 0.2) is 0 Å². The highest BCUT2D eigenvalue weighted by Gasteiger charge is 2.24. The Labute approximate surface area is 569 Å². The Kier molecular flexibility index (Phi) is 21.7. The molecule has 0 spiro atoms. The zero-order valence-electron chi connectivity index (χ0n) is 62.1. The summed E-state index contributed by atoms with van der Waals surface area (Å²) in [4.78, 5) is 19.9. The predicted octanol–water partition coefficient (Wildman–Crippen LogP) is 24.6. The summed E-state index contributed by atoms with van der Waals surface area (Å²) in [6.07, 6.45) is 19.4. The van der Waals surface area contributed by atoms with E-state index in [1.165, 1.54) is 119 Å². The van der Waals surface area contributed by atoms with Crippen molar-refractivity contribution in [1.29, 1.82) is 10.5 Å². The highest BCUT2D eigenvalue weighted by atomic mass is 14.7. The van der Waals surface area contributed by atoms with Crippen LogP contribution >= 0.6 is 0 Å². The fraction of sp³-hybridized carbons (Fsp3) is 0.425. The maximum Gasteiger partial charge on any atom is 0.101 e. The minimum absolute atomic E-state index is 0.145. The number of nitrogens with one attached hydrogen (secondary N) is 6. The molecule has 8 nitrogen and oxygen atoms in total. The van der Waals surface area contributed by atoms with Crippen molar-refractivity contribution in [3.8, 4) is 12.1 Å². The van der Waals surface area contributed by atoms with E-state index >= 15 is 0 Å². The molecule has 6 aromatic carbocycles. The van der Waals surface area contributed by atoms with Crippen LogP contribution in [0.25, 0.3) is 65.4 Å². The predicted molar refractivity (Wildman–Crippen MR) is 410 cm³/mol. The Morgan fingerprint density at radius 1 is 0.358 bits per heavy atom. The number of fused-ring (bicyclic) bond motifs is 6. The molecule has 1 aliphatic carbocycles. The van der Waals surface area contributed by atoms with Crippen LogP contribution in [-0.2, 0) is 50.7 Å². The van der Waals surface area contributed by atoms with Gasteiger partial charge in [-0.15, -0.1) is 0 Å². The standard InChI is InChI=1S/C17H23N.C16H23N.C14H16N2.C14H19N.C13H14N2.C13H17N/c1-17(2,3)13-8-9-14-15(11-18-16(14)10-13)12-6-4-5-7-12;1-15(2,3)11-7-8-12-13(16(4,5)6)10-17-14(12)9-11;1-14(2,3)11-4-5-12-10(6-7-15)9-16-13(12)8-11;1-5-10-9-15-13-8-11(14(2,3)4)6-7-12(10)13;1-13(2,3)10-4-5-11-9(7-14)8-15-12(11)6-10;1-9-8-14-12-7-10(13(2,3)4)5-6-11(9)12/h8-12,18H,4-7H2,1-3H3;7-10,17H,1-6H3;4-5,8-9,16H,6H2,1-3H3;6-9,15H,5H2,1-4H3;4-6,8,15H,1-3H3;5-8,14H,1-4H3. The molecule has 0 saturated heterocycles. The van der Waals surface area contributed by atoms with Crippen molar-refractivity contribution in [2.75, 3.05) is 0 Å². The number of benzene rings is 6. The van der Waals surface area contributed by atoms with Crippen LogP contribution in [0.5, 0.6) is 0 Å². The van der Waals surface area contributed by atoms with E-state index < -0.39 is 0 Å². The molecule has 500 valence electrons. The molecule has 12 aromatic rings. The summed E-state index contributed by atoms with van der Waals surface area (Å²) in [6, 6.07) is 44.2. The fourth-order valence-corrected chi connectivity index (χ4v) is 12.7. The van der Waals surface area contributed by atoms with E-state index in [1.807, 2.05) is 12.3 Å². The number of aryl methyl sites for hydroxylation is 2. The summed E-state index contributed by atoms with van der Waals surface area (Å²) in [5, 5.41) is 25.3. The molecule has 1 aliphatic rings. The number of aromatic nitrogens is 6. The summed E-state index contributed by atoms with van der Waals surface area (Å²) in [7, 11) is 0. The van der Waals surface area contributed by atoms with Crippen molar-refractivity contribution in [2.24, 2.45) is 0 Å². The molecule has 0 radical (unpaired) electrons. The Morgan fingerprint density at radius 3 is 1.11 bits per heavy atom. The Balaban J connectivity index is 0.000000146. The SMILES string of the molecule is CC(C)(C)c1ccc2c(C#N)c[nH]c2c1.CC(C)(C)c1ccc2c(C(C)(C)C)c[nH]c2c1.CC(C)(C)c1ccc2c(C3CCCC3)c[nH]c2c1.CC(C)(C)c1ccc2c(CC#N)c[nH]c2c1.CCc1c[nH]c2cc(C(C)(C)C)ccc12.Cc1c[nH]c2cc(C(C)(C)C)ccc12. The van der Waals surface area contributed by atoms with Crippen LogP contribution in [0, 0.1) is 29.6 Å². The van der Waals surface area contributed by atoms with E-state index in [0.29, 0.717) is 12.0 Å². The van der Waals surface area contributed by atoms with Gasteiger partial charge in [0.2, 0.25) is 0 Å². The summed E-state index contributed by atoms with van der Waals surface area (Å²) >= 11 is 0. The number of nitrogens with zero attached hydrogens (tertiary/aromatic N) is 2. The van der Waals surface area contributed by atoms with E-state index in [2.05, 4.69) is 329 Å². The van der Waals surface area contributed by atoms with Crippen LogP contribution < -0.4 is 0 Å². The van der Waals surface area contributed by atoms with E-state index in [1.54, 1.807) is 11.8 Å². The lowest BCUT2D eigenvalue weighted by molar-refractivity contribution is 0.590. The number of hydrogen-bond donors (Lipinski definition) is 6. The number of nitriles is 2. The molecule has 8 heteroatoms. The third-order valence-electron chi connectivity index (χ3n) is 19.1. The fourth-order valence-electron chi connectivity index (χ4n) is 12.7. The topological polar surface area (TPSA) is 142 Å². The second-order valence-electron chi connectivity index (χ2n) is 33.8. The molecule has 1 fully saturated rings. The van der Waals surface area contributed by atoms with Crippen LogP contribution in [-0.4, -0.2) is 29.9 Å². The summed E-state index contributed by atoms with van der Waals surface area (Å²) < 4.78 is 0. The van der Waals surface area contributed by atoms with Gasteiger partial charge >= 0.3 is 0 Å². The first-order chi connectivity index (χ1) is 44.3. The Morgan fingerprint density at radius 2 is 0.684 bits per heavy atom. The summed E-state index contributed by atoms with van der Waals surface area (Å²) in [5.74, 6) is 0.791. The number of rotatable bonds is 3. The molecular formula is C87H112N8. The molecule has 0 amide bonds. The van der Waals surface area contributed by atoms with Gasteiger partial charge in [-0.05, 0) is 168 Å². The van der Waals surface area contributed by atoms with Gasteiger partial charge in [0, 0.05) is 103 Å². The lowest BCUT2D eigenvalue weighted by Gasteiger charge is -2.20. The summed E-state index contributed by atoms with van der Waals surface area (Å²) in [6.45, 7) is 51.3. The quantitative estimate of drug-likeness (QED) is 0.105. The van der Waals surface area contributed by atoms with Crippen molar-refractivity contribution < 1.29 is 0 Å². The highest BCUT2D eigenvalue weighted by Crippen LogP contribution is 2.40. The van der Waals surface area contributed by atoms with Crippen LogP contribution in [0.15, 0.2) is 146 Å². The smallest absolute Gasteiger partial charge is 0.101 e. The largest absolute Gasteiger partial charge is 0.361 e. The lowest BCUT2D eigenvalue weighted by atomic mass is 9.84. The van der Waals surface area contributed by atoms with E-state index in [0.717, 1.165) is 39.7 Å². The highest BCUT2D eigenvalue weighted by molar-refractivity contribution is 5.89. The second kappa shape index (κ2) is 28.5. The maximum absolute atomic E-state index is 8.88. The van der Waals surface area contributed by atoms with Crippen LogP contribution in [0.2, 0.25) is 0 Å².